The molecule has 0 saturated heterocycles. The molecule has 0 aliphatic carbocycles. The number of benzene rings is 2. The van der Waals surface area contributed by atoms with Gasteiger partial charge < -0.3 is 4.90 Å². The maximum Gasteiger partial charge on any atom is 0.419 e. The van der Waals surface area contributed by atoms with Crippen molar-refractivity contribution in [2.45, 2.75) is 12.6 Å². The van der Waals surface area contributed by atoms with Crippen LogP contribution in [-0.2, 0) is 12.6 Å². The highest BCUT2D eigenvalue weighted by molar-refractivity contribution is 6.42. The van der Waals surface area contributed by atoms with Gasteiger partial charge in [0.1, 0.15) is 18.0 Å². The maximum atomic E-state index is 13.5. The Morgan fingerprint density at radius 3 is 2.39 bits per heavy atom. The van der Waals surface area contributed by atoms with Gasteiger partial charge in [-0.1, -0.05) is 29.3 Å². The number of anilines is 2. The van der Waals surface area contributed by atoms with E-state index in [1.807, 2.05) is 0 Å². The second-order valence-corrected chi connectivity index (χ2v) is 6.83. The standard InChI is InChI=1S/C19H13Cl2F4N3/c1-28(13-3-5-17(22)14(9-13)19(23,24)25)18-8-12(26-10-27-18)6-11-2-4-15(20)16(21)7-11/h2-5,7-10H,6H2,1H3. The van der Waals surface area contributed by atoms with Crippen molar-refractivity contribution in [1.29, 1.82) is 0 Å². The Bertz CT molecular complexity index is 1010. The number of hydrogen-bond acceptors (Lipinski definition) is 3. The van der Waals surface area contributed by atoms with E-state index in [4.69, 9.17) is 23.2 Å². The molecule has 146 valence electrons. The fourth-order valence-electron chi connectivity index (χ4n) is 2.60. The highest BCUT2D eigenvalue weighted by atomic mass is 35.5. The molecule has 1 heterocycles. The minimum atomic E-state index is -4.79. The summed E-state index contributed by atoms with van der Waals surface area (Å²) >= 11 is 11.9. The molecular formula is C19H13Cl2F4N3. The first-order chi connectivity index (χ1) is 13.1. The minimum Gasteiger partial charge on any atom is -0.329 e. The van der Waals surface area contributed by atoms with Crippen molar-refractivity contribution in [2.75, 3.05) is 11.9 Å². The van der Waals surface area contributed by atoms with E-state index >= 15 is 0 Å². The topological polar surface area (TPSA) is 29.0 Å². The van der Waals surface area contributed by atoms with Crippen LogP contribution in [0, 0.1) is 5.82 Å². The molecule has 0 saturated carbocycles. The lowest BCUT2D eigenvalue weighted by molar-refractivity contribution is -0.139. The summed E-state index contributed by atoms with van der Waals surface area (Å²) in [6.45, 7) is 0. The SMILES string of the molecule is CN(c1ccc(F)c(C(F)(F)F)c1)c1cc(Cc2ccc(Cl)c(Cl)c2)ncn1. The molecule has 0 atom stereocenters. The number of aromatic nitrogens is 2. The number of alkyl halides is 3. The van der Waals surface area contributed by atoms with Crippen LogP contribution in [0.2, 0.25) is 10.0 Å². The van der Waals surface area contributed by atoms with E-state index in [-0.39, 0.29) is 5.69 Å². The summed E-state index contributed by atoms with van der Waals surface area (Å²) in [6, 6.07) is 9.61. The monoisotopic (exact) mass is 429 g/mol. The first-order valence-electron chi connectivity index (χ1n) is 8.00. The van der Waals surface area contributed by atoms with Gasteiger partial charge in [0.2, 0.25) is 0 Å². The predicted molar refractivity (Wildman–Crippen MR) is 101 cm³/mol. The average Bonchev–Trinajstić information content (AvgIpc) is 2.64. The largest absolute Gasteiger partial charge is 0.419 e. The van der Waals surface area contributed by atoms with Gasteiger partial charge >= 0.3 is 6.18 Å². The van der Waals surface area contributed by atoms with E-state index in [1.165, 1.54) is 17.3 Å². The van der Waals surface area contributed by atoms with Crippen molar-refractivity contribution >= 4 is 34.7 Å². The van der Waals surface area contributed by atoms with Crippen LogP contribution in [0.1, 0.15) is 16.8 Å². The summed E-state index contributed by atoms with van der Waals surface area (Å²) in [6.07, 6.45) is -3.05. The van der Waals surface area contributed by atoms with E-state index in [1.54, 1.807) is 31.3 Å². The van der Waals surface area contributed by atoms with Crippen LogP contribution in [0.15, 0.2) is 48.8 Å². The molecule has 0 amide bonds. The van der Waals surface area contributed by atoms with Crippen LogP contribution in [0.25, 0.3) is 0 Å². The zero-order chi connectivity index (χ0) is 20.5. The second-order valence-electron chi connectivity index (χ2n) is 6.01. The molecule has 0 N–H and O–H groups in total. The molecular weight excluding hydrogens is 417 g/mol. The average molecular weight is 430 g/mol. The molecule has 3 rings (SSSR count). The fourth-order valence-corrected chi connectivity index (χ4v) is 2.92. The summed E-state index contributed by atoms with van der Waals surface area (Å²) in [5.74, 6) is -0.961. The van der Waals surface area contributed by atoms with Crippen molar-refractivity contribution < 1.29 is 17.6 Å². The molecule has 0 aliphatic rings. The third-order valence-corrected chi connectivity index (χ3v) is 4.80. The van der Waals surface area contributed by atoms with Gasteiger partial charge in [-0.15, -0.1) is 0 Å². The third-order valence-electron chi connectivity index (χ3n) is 4.06. The van der Waals surface area contributed by atoms with Crippen LogP contribution in [0.3, 0.4) is 0 Å². The molecule has 0 unspecified atom stereocenters. The molecule has 0 aliphatic heterocycles. The smallest absolute Gasteiger partial charge is 0.329 e. The van der Waals surface area contributed by atoms with Crippen molar-refractivity contribution in [3.8, 4) is 0 Å². The molecule has 1 aromatic heterocycles. The third kappa shape index (κ3) is 4.54. The van der Waals surface area contributed by atoms with Gasteiger partial charge in [-0.05, 0) is 35.9 Å². The summed E-state index contributed by atoms with van der Waals surface area (Å²) in [5, 5.41) is 0.849. The number of halogens is 6. The molecule has 0 radical (unpaired) electrons. The van der Waals surface area contributed by atoms with Gasteiger partial charge in [-0.25, -0.2) is 14.4 Å². The van der Waals surface area contributed by atoms with Crippen molar-refractivity contribution in [1.82, 2.24) is 9.97 Å². The van der Waals surface area contributed by atoms with Crippen LogP contribution in [0.4, 0.5) is 29.1 Å². The molecule has 0 spiro atoms. The summed E-state index contributed by atoms with van der Waals surface area (Å²) < 4.78 is 52.4. The van der Waals surface area contributed by atoms with Gasteiger partial charge in [0.25, 0.3) is 0 Å². The Hall–Kier alpha value is -2.38. The Morgan fingerprint density at radius 1 is 0.964 bits per heavy atom. The van der Waals surface area contributed by atoms with Crippen LogP contribution >= 0.6 is 23.2 Å². The van der Waals surface area contributed by atoms with Gasteiger partial charge in [-0.2, -0.15) is 13.2 Å². The van der Waals surface area contributed by atoms with Gasteiger partial charge in [0, 0.05) is 25.2 Å². The molecule has 0 fully saturated rings. The number of rotatable bonds is 4. The normalized spacial score (nSPS) is 11.5. The van der Waals surface area contributed by atoms with Crippen LogP contribution in [0.5, 0.6) is 0 Å². The van der Waals surface area contributed by atoms with Gasteiger partial charge in [-0.3, -0.25) is 0 Å². The summed E-state index contributed by atoms with van der Waals surface area (Å²) in [7, 11) is 1.54. The number of nitrogens with zero attached hydrogens (tertiary/aromatic N) is 3. The molecule has 3 nitrogen and oxygen atoms in total. The van der Waals surface area contributed by atoms with E-state index < -0.39 is 17.6 Å². The molecule has 2 aromatic carbocycles. The van der Waals surface area contributed by atoms with Gasteiger partial charge in [0.05, 0.1) is 21.3 Å². The first-order valence-corrected chi connectivity index (χ1v) is 8.76. The zero-order valence-corrected chi connectivity index (χ0v) is 15.9. The second kappa shape index (κ2) is 7.93. The summed E-state index contributed by atoms with van der Waals surface area (Å²) in [4.78, 5) is 9.70. The van der Waals surface area contributed by atoms with E-state index in [9.17, 15) is 17.6 Å². The minimum absolute atomic E-state index is 0.146. The van der Waals surface area contributed by atoms with Gasteiger partial charge in [0.15, 0.2) is 0 Å². The van der Waals surface area contributed by atoms with Crippen molar-refractivity contribution in [2.24, 2.45) is 0 Å². The molecule has 28 heavy (non-hydrogen) atoms. The Balaban J connectivity index is 1.88. The first kappa shape index (κ1) is 20.4. The van der Waals surface area contributed by atoms with Crippen LogP contribution in [-0.4, -0.2) is 17.0 Å². The zero-order valence-electron chi connectivity index (χ0n) is 14.4. The van der Waals surface area contributed by atoms with Crippen LogP contribution < -0.4 is 4.90 Å². The molecule has 3 aromatic rings. The summed E-state index contributed by atoms with van der Waals surface area (Å²) in [5.41, 5.74) is 0.311. The Kier molecular flexibility index (Phi) is 5.76. The quantitative estimate of drug-likeness (QED) is 0.455. The predicted octanol–water partition coefficient (Wildman–Crippen LogP) is 6.30. The lowest BCUT2D eigenvalue weighted by Crippen LogP contribution is -2.15. The lowest BCUT2D eigenvalue weighted by atomic mass is 10.1. The maximum absolute atomic E-state index is 13.5. The number of hydrogen-bond donors (Lipinski definition) is 0. The van der Waals surface area contributed by atoms with E-state index in [0.29, 0.717) is 28.0 Å². The van der Waals surface area contributed by atoms with Crippen molar-refractivity contribution in [3.63, 3.8) is 0 Å². The Labute approximate surface area is 168 Å². The fraction of sp³-hybridized carbons (Fsp3) is 0.158. The molecule has 9 heteroatoms. The Morgan fingerprint density at radius 2 is 1.71 bits per heavy atom. The highest BCUT2D eigenvalue weighted by Crippen LogP contribution is 2.35. The van der Waals surface area contributed by atoms with E-state index in [0.717, 1.165) is 17.7 Å². The molecule has 0 bridgehead atoms. The lowest BCUT2D eigenvalue weighted by Gasteiger charge is -2.20. The highest BCUT2D eigenvalue weighted by Gasteiger charge is 2.34. The van der Waals surface area contributed by atoms with E-state index in [2.05, 4.69) is 9.97 Å². The van der Waals surface area contributed by atoms with Crippen molar-refractivity contribution in [3.05, 3.63) is 81.5 Å².